The summed E-state index contributed by atoms with van der Waals surface area (Å²) in [5.41, 5.74) is 3.14. The van der Waals surface area contributed by atoms with Crippen molar-refractivity contribution in [1.29, 1.82) is 0 Å². The minimum Gasteiger partial charge on any atom is -0.360 e. The maximum Gasteiger partial charge on any atom is 0.239 e. The third-order valence-electron chi connectivity index (χ3n) is 6.22. The summed E-state index contributed by atoms with van der Waals surface area (Å²) in [6.45, 7) is 5.38. The number of fused-ring (bicyclic) bond motifs is 2. The van der Waals surface area contributed by atoms with Crippen LogP contribution in [0.1, 0.15) is 31.1 Å². The van der Waals surface area contributed by atoms with Gasteiger partial charge in [-0.3, -0.25) is 9.69 Å². The lowest BCUT2D eigenvalue weighted by molar-refractivity contribution is -0.135. The second-order valence-electron chi connectivity index (χ2n) is 7.89. The Hall–Kier alpha value is -2.66. The van der Waals surface area contributed by atoms with Crippen LogP contribution in [-0.2, 0) is 17.8 Å². The Morgan fingerprint density at radius 3 is 2.71 bits per heavy atom. The van der Waals surface area contributed by atoms with Gasteiger partial charge in [-0.2, -0.15) is 0 Å². The molecule has 2 aliphatic rings. The van der Waals surface area contributed by atoms with Gasteiger partial charge in [0.15, 0.2) is 0 Å². The predicted octanol–water partition coefficient (Wildman–Crippen LogP) is 3.86. The number of aromatic nitrogens is 1. The zero-order chi connectivity index (χ0) is 19.1. The van der Waals surface area contributed by atoms with Gasteiger partial charge in [-0.1, -0.05) is 47.6 Å². The summed E-state index contributed by atoms with van der Waals surface area (Å²) in [4.78, 5) is 17.2. The fraction of sp³-hybridized carbons (Fsp3) is 0.391. The average molecular weight is 375 g/mol. The summed E-state index contributed by atoms with van der Waals surface area (Å²) >= 11 is 0. The fourth-order valence-electron chi connectivity index (χ4n) is 4.56. The van der Waals surface area contributed by atoms with Crippen LogP contribution in [0.4, 0.5) is 0 Å². The number of rotatable bonds is 3. The van der Waals surface area contributed by atoms with E-state index in [1.54, 1.807) is 0 Å². The molecule has 5 nitrogen and oxygen atoms in total. The Kier molecular flexibility index (Phi) is 4.40. The van der Waals surface area contributed by atoms with Crippen LogP contribution in [0.3, 0.4) is 0 Å². The highest BCUT2D eigenvalue weighted by atomic mass is 16.5. The molecule has 1 fully saturated rings. The molecule has 3 heterocycles. The van der Waals surface area contributed by atoms with Crippen molar-refractivity contribution in [1.82, 2.24) is 15.0 Å². The van der Waals surface area contributed by atoms with E-state index in [0.29, 0.717) is 6.54 Å². The number of benzene rings is 2. The van der Waals surface area contributed by atoms with E-state index in [0.717, 1.165) is 61.5 Å². The third kappa shape index (κ3) is 2.90. The number of carbonyl (C=O) groups excluding carboxylic acids is 1. The van der Waals surface area contributed by atoms with Gasteiger partial charge in [0.05, 0.1) is 6.04 Å². The third-order valence-corrected chi connectivity index (χ3v) is 6.22. The molecule has 0 radical (unpaired) electrons. The van der Waals surface area contributed by atoms with E-state index in [1.165, 1.54) is 10.8 Å². The van der Waals surface area contributed by atoms with Crippen molar-refractivity contribution in [2.45, 2.75) is 38.8 Å². The highest BCUT2D eigenvalue weighted by Crippen LogP contribution is 2.34. The monoisotopic (exact) mass is 375 g/mol. The molecule has 0 bridgehead atoms. The maximum atomic E-state index is 12.9. The van der Waals surface area contributed by atoms with E-state index in [9.17, 15) is 4.79 Å². The minimum atomic E-state index is -0.110. The van der Waals surface area contributed by atoms with Gasteiger partial charge in [0.1, 0.15) is 11.5 Å². The normalized spacial score (nSPS) is 18.4. The Bertz CT molecular complexity index is 1010. The van der Waals surface area contributed by atoms with Crippen LogP contribution in [0.2, 0.25) is 0 Å². The van der Waals surface area contributed by atoms with Crippen molar-refractivity contribution in [2.75, 3.05) is 19.6 Å². The topological polar surface area (TPSA) is 49.6 Å². The molecular weight excluding hydrogens is 350 g/mol. The average Bonchev–Trinajstić information content (AvgIpc) is 3.42. The van der Waals surface area contributed by atoms with Crippen LogP contribution in [0.25, 0.3) is 22.0 Å². The molecule has 0 spiro atoms. The summed E-state index contributed by atoms with van der Waals surface area (Å²) < 4.78 is 5.71. The van der Waals surface area contributed by atoms with E-state index in [4.69, 9.17) is 4.52 Å². The molecule has 1 amide bonds. The van der Waals surface area contributed by atoms with E-state index in [-0.39, 0.29) is 11.9 Å². The van der Waals surface area contributed by atoms with Crippen molar-refractivity contribution in [3.05, 3.63) is 53.8 Å². The van der Waals surface area contributed by atoms with Gasteiger partial charge in [-0.05, 0) is 30.5 Å². The van der Waals surface area contributed by atoms with Gasteiger partial charge in [0.25, 0.3) is 0 Å². The first-order valence-electron chi connectivity index (χ1n) is 10.2. The molecule has 144 valence electrons. The van der Waals surface area contributed by atoms with Gasteiger partial charge in [0.2, 0.25) is 5.91 Å². The second kappa shape index (κ2) is 7.06. The highest BCUT2D eigenvalue weighted by Gasteiger charge is 2.32. The van der Waals surface area contributed by atoms with E-state index >= 15 is 0 Å². The zero-order valence-corrected chi connectivity index (χ0v) is 16.2. The molecule has 5 rings (SSSR count). The van der Waals surface area contributed by atoms with Gasteiger partial charge < -0.3 is 9.42 Å². The van der Waals surface area contributed by atoms with Crippen LogP contribution < -0.4 is 0 Å². The van der Waals surface area contributed by atoms with E-state index < -0.39 is 0 Å². The molecule has 1 aromatic heterocycles. The maximum absolute atomic E-state index is 12.9. The van der Waals surface area contributed by atoms with Gasteiger partial charge in [-0.25, -0.2) is 0 Å². The van der Waals surface area contributed by atoms with Gasteiger partial charge in [0, 0.05) is 43.7 Å². The lowest BCUT2D eigenvalue weighted by Gasteiger charge is -2.33. The molecule has 0 saturated carbocycles. The molecule has 2 aromatic carbocycles. The Morgan fingerprint density at radius 1 is 1.07 bits per heavy atom. The smallest absolute Gasteiger partial charge is 0.239 e. The first kappa shape index (κ1) is 17.4. The SMILES string of the molecule is CC(C(=O)N1CCCC1)N1CCc2onc(-c3cccc4ccccc34)c2C1. The standard InChI is InChI=1S/C23H25N3O2/c1-16(23(27)25-12-4-5-13-25)26-14-11-21-20(15-26)22(24-28-21)19-10-6-8-17-7-2-3-9-18(17)19/h2-3,6-10,16H,4-5,11-15H2,1H3. The Balaban J connectivity index is 1.46. The van der Waals surface area contributed by atoms with Crippen LogP contribution in [0.15, 0.2) is 47.0 Å². The summed E-state index contributed by atoms with van der Waals surface area (Å²) in [5, 5.41) is 6.81. The Labute approximate surface area is 164 Å². The predicted molar refractivity (Wildman–Crippen MR) is 109 cm³/mol. The lowest BCUT2D eigenvalue weighted by Crippen LogP contribution is -2.47. The van der Waals surface area contributed by atoms with Crippen molar-refractivity contribution in [3.8, 4) is 11.3 Å². The Morgan fingerprint density at radius 2 is 1.86 bits per heavy atom. The van der Waals surface area contributed by atoms with Crippen LogP contribution in [0.5, 0.6) is 0 Å². The molecule has 1 saturated heterocycles. The fourth-order valence-corrected chi connectivity index (χ4v) is 4.56. The quantitative estimate of drug-likeness (QED) is 0.697. The first-order valence-corrected chi connectivity index (χ1v) is 10.2. The minimum absolute atomic E-state index is 0.110. The zero-order valence-electron chi connectivity index (χ0n) is 16.2. The molecule has 3 aromatic rings. The number of nitrogens with zero attached hydrogens (tertiary/aromatic N) is 3. The number of likely N-dealkylation sites (tertiary alicyclic amines) is 1. The molecule has 5 heteroatoms. The molecule has 0 N–H and O–H groups in total. The summed E-state index contributed by atoms with van der Waals surface area (Å²) in [6, 6.07) is 14.5. The number of carbonyl (C=O) groups is 1. The van der Waals surface area contributed by atoms with Crippen molar-refractivity contribution >= 4 is 16.7 Å². The number of hydrogen-bond acceptors (Lipinski definition) is 4. The van der Waals surface area contributed by atoms with Crippen LogP contribution >= 0.6 is 0 Å². The summed E-state index contributed by atoms with van der Waals surface area (Å²) in [5.74, 6) is 1.21. The number of amides is 1. The molecular formula is C23H25N3O2. The summed E-state index contributed by atoms with van der Waals surface area (Å²) in [6.07, 6.45) is 3.05. The van der Waals surface area contributed by atoms with Crippen molar-refractivity contribution in [2.24, 2.45) is 0 Å². The van der Waals surface area contributed by atoms with Crippen LogP contribution in [0, 0.1) is 0 Å². The van der Waals surface area contributed by atoms with E-state index in [2.05, 4.69) is 52.5 Å². The molecule has 0 aliphatic carbocycles. The van der Waals surface area contributed by atoms with Gasteiger partial charge >= 0.3 is 0 Å². The van der Waals surface area contributed by atoms with Crippen molar-refractivity contribution in [3.63, 3.8) is 0 Å². The van der Waals surface area contributed by atoms with Gasteiger partial charge in [-0.15, -0.1) is 0 Å². The molecule has 1 unspecified atom stereocenters. The molecule has 1 atom stereocenters. The first-order chi connectivity index (χ1) is 13.7. The number of hydrogen-bond donors (Lipinski definition) is 0. The van der Waals surface area contributed by atoms with Crippen LogP contribution in [-0.4, -0.2) is 46.5 Å². The summed E-state index contributed by atoms with van der Waals surface area (Å²) in [7, 11) is 0. The molecule has 28 heavy (non-hydrogen) atoms. The second-order valence-corrected chi connectivity index (χ2v) is 7.89. The molecule has 2 aliphatic heterocycles. The lowest BCUT2D eigenvalue weighted by atomic mass is 9.96. The highest BCUT2D eigenvalue weighted by molar-refractivity contribution is 5.96. The van der Waals surface area contributed by atoms with E-state index in [1.807, 2.05) is 11.8 Å². The largest absolute Gasteiger partial charge is 0.360 e. The van der Waals surface area contributed by atoms with Crippen molar-refractivity contribution < 1.29 is 9.32 Å².